The van der Waals surface area contributed by atoms with Gasteiger partial charge in [0, 0.05) is 22.8 Å². The normalized spacial score (nSPS) is 10.4. The van der Waals surface area contributed by atoms with E-state index in [4.69, 9.17) is 27.9 Å². The summed E-state index contributed by atoms with van der Waals surface area (Å²) in [5, 5.41) is 4.40. The quantitative estimate of drug-likeness (QED) is 0.546. The molecule has 0 saturated carbocycles. The predicted octanol–water partition coefficient (Wildman–Crippen LogP) is 5.56. The van der Waals surface area contributed by atoms with E-state index >= 15 is 0 Å². The maximum absolute atomic E-state index is 6.08. The van der Waals surface area contributed by atoms with E-state index in [1.165, 1.54) is 5.56 Å². The Hall–Kier alpha value is -0.900. The van der Waals surface area contributed by atoms with E-state index in [9.17, 15) is 0 Å². The van der Waals surface area contributed by atoms with Crippen LogP contribution in [0.3, 0.4) is 0 Å². The van der Waals surface area contributed by atoms with Gasteiger partial charge in [0.05, 0.1) is 10.0 Å². The van der Waals surface area contributed by atoms with E-state index in [1.54, 1.807) is 12.1 Å². The zero-order valence-electron chi connectivity index (χ0n) is 10.9. The molecule has 0 aliphatic heterocycles. The van der Waals surface area contributed by atoms with Crippen molar-refractivity contribution in [3.8, 4) is 5.75 Å². The lowest BCUT2D eigenvalue weighted by Crippen LogP contribution is -2.11. The SMILES string of the molecule is Cc1ccc(NCCOc2cc(Cl)c(Br)cc2Cl)cc1. The molecule has 0 aliphatic carbocycles. The van der Waals surface area contributed by atoms with Gasteiger partial charge in [-0.3, -0.25) is 0 Å². The van der Waals surface area contributed by atoms with Crippen LogP contribution in [-0.2, 0) is 0 Å². The molecule has 2 nitrogen and oxygen atoms in total. The minimum absolute atomic E-state index is 0.506. The highest BCUT2D eigenvalue weighted by Crippen LogP contribution is 2.33. The molecule has 2 aromatic rings. The third-order valence-electron chi connectivity index (χ3n) is 2.72. The zero-order chi connectivity index (χ0) is 14.5. The molecular formula is C15H14BrCl2NO. The van der Waals surface area contributed by atoms with Crippen molar-refractivity contribution in [2.75, 3.05) is 18.5 Å². The Morgan fingerprint density at radius 1 is 1.10 bits per heavy atom. The first-order valence-corrected chi connectivity index (χ1v) is 7.69. The van der Waals surface area contributed by atoms with Crippen molar-refractivity contribution in [1.82, 2.24) is 0 Å². The van der Waals surface area contributed by atoms with E-state index < -0.39 is 0 Å². The number of halogens is 3. The minimum atomic E-state index is 0.506. The molecule has 0 saturated heterocycles. The van der Waals surface area contributed by atoms with Crippen LogP contribution < -0.4 is 10.1 Å². The smallest absolute Gasteiger partial charge is 0.139 e. The molecule has 0 spiro atoms. The number of anilines is 1. The highest BCUT2D eigenvalue weighted by atomic mass is 79.9. The summed E-state index contributed by atoms with van der Waals surface area (Å²) in [6.07, 6.45) is 0. The number of aryl methyl sites for hydroxylation is 1. The number of nitrogens with one attached hydrogen (secondary N) is 1. The Kier molecular flexibility index (Phi) is 5.58. The van der Waals surface area contributed by atoms with Crippen LogP contribution in [0.25, 0.3) is 0 Å². The van der Waals surface area contributed by atoms with Crippen molar-refractivity contribution in [3.63, 3.8) is 0 Å². The molecule has 0 unspecified atom stereocenters. The molecule has 106 valence electrons. The second-order valence-electron chi connectivity index (χ2n) is 4.34. The lowest BCUT2D eigenvalue weighted by Gasteiger charge is -2.11. The lowest BCUT2D eigenvalue weighted by molar-refractivity contribution is 0.333. The highest BCUT2D eigenvalue weighted by molar-refractivity contribution is 9.10. The molecule has 20 heavy (non-hydrogen) atoms. The lowest BCUT2D eigenvalue weighted by atomic mass is 10.2. The van der Waals surface area contributed by atoms with Crippen molar-refractivity contribution >= 4 is 44.8 Å². The van der Waals surface area contributed by atoms with Crippen LogP contribution in [0.5, 0.6) is 5.75 Å². The Morgan fingerprint density at radius 2 is 1.80 bits per heavy atom. The molecule has 2 rings (SSSR count). The number of hydrogen-bond acceptors (Lipinski definition) is 2. The van der Waals surface area contributed by atoms with Crippen molar-refractivity contribution in [2.24, 2.45) is 0 Å². The van der Waals surface area contributed by atoms with Gasteiger partial charge in [-0.2, -0.15) is 0 Å². The van der Waals surface area contributed by atoms with Gasteiger partial charge in [0.15, 0.2) is 0 Å². The molecule has 0 heterocycles. The van der Waals surface area contributed by atoms with Crippen LogP contribution in [-0.4, -0.2) is 13.2 Å². The standard InChI is InChI=1S/C15H14BrCl2NO/c1-10-2-4-11(5-3-10)19-6-7-20-15-9-13(17)12(16)8-14(15)18/h2-5,8-9,19H,6-7H2,1H3. The molecule has 0 radical (unpaired) electrons. The number of rotatable bonds is 5. The Labute approximate surface area is 137 Å². The van der Waals surface area contributed by atoms with Crippen molar-refractivity contribution in [1.29, 1.82) is 0 Å². The van der Waals surface area contributed by atoms with Gasteiger partial charge in [-0.25, -0.2) is 0 Å². The van der Waals surface area contributed by atoms with Crippen LogP contribution in [0.4, 0.5) is 5.69 Å². The number of ether oxygens (including phenoxy) is 1. The van der Waals surface area contributed by atoms with E-state index in [2.05, 4.69) is 40.3 Å². The molecule has 0 fully saturated rings. The summed E-state index contributed by atoms with van der Waals surface area (Å²) >= 11 is 15.4. The van der Waals surface area contributed by atoms with Gasteiger partial charge < -0.3 is 10.1 Å². The molecule has 0 atom stereocenters. The van der Waals surface area contributed by atoms with Gasteiger partial charge >= 0.3 is 0 Å². The van der Waals surface area contributed by atoms with Crippen LogP contribution in [0.15, 0.2) is 40.9 Å². The van der Waals surface area contributed by atoms with Gasteiger partial charge in [-0.1, -0.05) is 40.9 Å². The third-order valence-corrected chi connectivity index (χ3v) is 4.21. The molecule has 5 heteroatoms. The summed E-state index contributed by atoms with van der Waals surface area (Å²) in [6.45, 7) is 3.25. The molecule has 0 aromatic heterocycles. The Bertz CT molecular complexity index is 587. The monoisotopic (exact) mass is 373 g/mol. The van der Waals surface area contributed by atoms with Crippen LogP contribution in [0.1, 0.15) is 5.56 Å². The van der Waals surface area contributed by atoms with E-state index in [1.807, 2.05) is 12.1 Å². The topological polar surface area (TPSA) is 21.3 Å². The summed E-state index contributed by atoms with van der Waals surface area (Å²) in [5.41, 5.74) is 2.31. The highest BCUT2D eigenvalue weighted by Gasteiger charge is 2.06. The van der Waals surface area contributed by atoms with Gasteiger partial charge in [-0.15, -0.1) is 0 Å². The average Bonchev–Trinajstić information content (AvgIpc) is 2.42. The van der Waals surface area contributed by atoms with Gasteiger partial charge in [0.25, 0.3) is 0 Å². The summed E-state index contributed by atoms with van der Waals surface area (Å²) in [4.78, 5) is 0. The largest absolute Gasteiger partial charge is 0.490 e. The second kappa shape index (κ2) is 7.21. The summed E-state index contributed by atoms with van der Waals surface area (Å²) < 4.78 is 6.38. The number of benzene rings is 2. The van der Waals surface area contributed by atoms with Gasteiger partial charge in [-0.05, 0) is 41.1 Å². The third kappa shape index (κ3) is 4.30. The molecule has 0 aliphatic rings. The average molecular weight is 375 g/mol. The fraction of sp³-hybridized carbons (Fsp3) is 0.200. The van der Waals surface area contributed by atoms with Crippen molar-refractivity contribution in [2.45, 2.75) is 6.92 Å². The first-order chi connectivity index (χ1) is 9.56. The van der Waals surface area contributed by atoms with Crippen LogP contribution >= 0.6 is 39.1 Å². The van der Waals surface area contributed by atoms with E-state index in [-0.39, 0.29) is 0 Å². The first-order valence-electron chi connectivity index (χ1n) is 6.14. The van der Waals surface area contributed by atoms with E-state index in [0.717, 1.165) is 10.2 Å². The Morgan fingerprint density at radius 3 is 2.50 bits per heavy atom. The van der Waals surface area contributed by atoms with Gasteiger partial charge in [0.2, 0.25) is 0 Å². The summed E-state index contributed by atoms with van der Waals surface area (Å²) in [5.74, 6) is 0.588. The maximum Gasteiger partial charge on any atom is 0.139 e. The molecule has 1 N–H and O–H groups in total. The molecule has 2 aromatic carbocycles. The Balaban J connectivity index is 1.84. The second-order valence-corrected chi connectivity index (χ2v) is 6.01. The van der Waals surface area contributed by atoms with Crippen molar-refractivity contribution < 1.29 is 4.74 Å². The first kappa shape index (κ1) is 15.5. The van der Waals surface area contributed by atoms with Crippen LogP contribution in [0, 0.1) is 6.92 Å². The molecule has 0 amide bonds. The van der Waals surface area contributed by atoms with Gasteiger partial charge in [0.1, 0.15) is 12.4 Å². The fourth-order valence-corrected chi connectivity index (χ4v) is 2.49. The number of hydrogen-bond donors (Lipinski definition) is 1. The van der Waals surface area contributed by atoms with E-state index in [0.29, 0.717) is 28.9 Å². The van der Waals surface area contributed by atoms with Crippen LogP contribution in [0.2, 0.25) is 10.0 Å². The zero-order valence-corrected chi connectivity index (χ0v) is 14.0. The molecule has 0 bridgehead atoms. The van der Waals surface area contributed by atoms with Crippen molar-refractivity contribution in [3.05, 3.63) is 56.5 Å². The maximum atomic E-state index is 6.08. The predicted molar refractivity (Wildman–Crippen MR) is 89.3 cm³/mol. The summed E-state index contributed by atoms with van der Waals surface area (Å²) in [7, 11) is 0. The molecular weight excluding hydrogens is 361 g/mol. The minimum Gasteiger partial charge on any atom is -0.490 e. The fourth-order valence-electron chi connectivity index (χ4n) is 1.64. The summed E-state index contributed by atoms with van der Waals surface area (Å²) in [6, 6.07) is 11.6.